The number of rotatable bonds is 7. The van der Waals surface area contributed by atoms with Crippen LogP contribution in [0.1, 0.15) is 33.9 Å². The standard InChI is InChI=1S/C28H33N3O3/c1-19-9-11-23(12-10-19)30-28(32)29-17-25-24-16-27(34-4)26(33-3)15-21(24)13-14-31(25)18-22-8-6-5-7-20(22)2/h5-12,15-16,25H,13-14,17-18H2,1-4H3,(H2,29,30,32)/t25-/m1/s1. The molecule has 4 rings (SSSR count). The van der Waals surface area contributed by atoms with Crippen molar-refractivity contribution in [2.75, 3.05) is 32.6 Å². The van der Waals surface area contributed by atoms with Gasteiger partial charge in [0.1, 0.15) is 0 Å². The third kappa shape index (κ3) is 5.34. The molecule has 2 N–H and O–H groups in total. The zero-order valence-corrected chi connectivity index (χ0v) is 20.4. The number of hydrogen-bond acceptors (Lipinski definition) is 4. The van der Waals surface area contributed by atoms with E-state index in [0.717, 1.165) is 42.1 Å². The van der Waals surface area contributed by atoms with Crippen LogP contribution in [0.3, 0.4) is 0 Å². The molecule has 2 amide bonds. The summed E-state index contributed by atoms with van der Waals surface area (Å²) in [5.41, 5.74) is 6.87. The Morgan fingerprint density at radius 3 is 2.41 bits per heavy atom. The minimum atomic E-state index is -0.215. The molecule has 34 heavy (non-hydrogen) atoms. The molecule has 1 atom stereocenters. The van der Waals surface area contributed by atoms with Crippen LogP contribution in [0, 0.1) is 13.8 Å². The number of aryl methyl sites for hydroxylation is 2. The molecule has 0 spiro atoms. The number of carbonyl (C=O) groups is 1. The number of amides is 2. The van der Waals surface area contributed by atoms with Gasteiger partial charge in [-0.3, -0.25) is 4.90 Å². The number of ether oxygens (including phenoxy) is 2. The lowest BCUT2D eigenvalue weighted by Crippen LogP contribution is -2.42. The number of nitrogens with one attached hydrogen (secondary N) is 2. The van der Waals surface area contributed by atoms with Gasteiger partial charge in [0.15, 0.2) is 11.5 Å². The van der Waals surface area contributed by atoms with Crippen LogP contribution in [-0.4, -0.2) is 38.2 Å². The van der Waals surface area contributed by atoms with E-state index in [-0.39, 0.29) is 12.1 Å². The summed E-state index contributed by atoms with van der Waals surface area (Å²) in [4.78, 5) is 15.1. The van der Waals surface area contributed by atoms with Crippen molar-refractivity contribution in [1.29, 1.82) is 0 Å². The van der Waals surface area contributed by atoms with Crippen molar-refractivity contribution in [2.45, 2.75) is 32.9 Å². The summed E-state index contributed by atoms with van der Waals surface area (Å²) in [7, 11) is 3.31. The number of fused-ring (bicyclic) bond motifs is 1. The fourth-order valence-electron chi connectivity index (χ4n) is 4.52. The fraction of sp³-hybridized carbons (Fsp3) is 0.321. The van der Waals surface area contributed by atoms with Crippen LogP contribution in [-0.2, 0) is 13.0 Å². The Labute approximate surface area is 201 Å². The Hall–Kier alpha value is -3.51. The van der Waals surface area contributed by atoms with Crippen LogP contribution >= 0.6 is 0 Å². The second-order valence-corrected chi connectivity index (χ2v) is 8.77. The van der Waals surface area contributed by atoms with E-state index in [2.05, 4.69) is 58.9 Å². The van der Waals surface area contributed by atoms with Crippen LogP contribution in [0.15, 0.2) is 60.7 Å². The third-order valence-electron chi connectivity index (χ3n) is 6.51. The Balaban J connectivity index is 1.58. The number of hydrogen-bond donors (Lipinski definition) is 2. The first-order valence-corrected chi connectivity index (χ1v) is 11.6. The van der Waals surface area contributed by atoms with Gasteiger partial charge in [0.2, 0.25) is 0 Å². The highest BCUT2D eigenvalue weighted by atomic mass is 16.5. The Kier molecular flexibility index (Phi) is 7.38. The van der Waals surface area contributed by atoms with Gasteiger partial charge in [-0.25, -0.2) is 4.79 Å². The number of benzene rings is 3. The predicted octanol–water partition coefficient (Wildman–Crippen LogP) is 5.24. The SMILES string of the molecule is COc1cc2c(cc1OC)[C@@H](CNC(=O)Nc1ccc(C)cc1)N(Cc1ccccc1C)CC2. The molecule has 0 unspecified atom stereocenters. The summed E-state index contributed by atoms with van der Waals surface area (Å²) in [6.45, 7) is 6.35. The van der Waals surface area contributed by atoms with E-state index in [1.807, 2.05) is 31.2 Å². The maximum atomic E-state index is 12.7. The molecular formula is C28H33N3O3. The number of methoxy groups -OCH3 is 2. The van der Waals surface area contributed by atoms with Crippen molar-refractivity contribution in [2.24, 2.45) is 0 Å². The first-order valence-electron chi connectivity index (χ1n) is 11.6. The monoisotopic (exact) mass is 459 g/mol. The molecule has 0 radical (unpaired) electrons. The van der Waals surface area contributed by atoms with Crippen molar-refractivity contribution < 1.29 is 14.3 Å². The van der Waals surface area contributed by atoms with Crippen molar-refractivity contribution in [1.82, 2.24) is 10.2 Å². The summed E-state index contributed by atoms with van der Waals surface area (Å²) >= 11 is 0. The molecule has 3 aromatic carbocycles. The normalized spacial score (nSPS) is 15.4. The molecule has 0 saturated carbocycles. The Bertz CT molecular complexity index is 1140. The number of urea groups is 1. The van der Waals surface area contributed by atoms with E-state index in [0.29, 0.717) is 12.3 Å². The Morgan fingerprint density at radius 2 is 1.71 bits per heavy atom. The lowest BCUT2D eigenvalue weighted by Gasteiger charge is -2.38. The minimum absolute atomic E-state index is 0.00642. The van der Waals surface area contributed by atoms with E-state index < -0.39 is 0 Å². The smallest absolute Gasteiger partial charge is 0.319 e. The average molecular weight is 460 g/mol. The van der Waals surface area contributed by atoms with E-state index in [1.165, 1.54) is 16.7 Å². The fourth-order valence-corrected chi connectivity index (χ4v) is 4.52. The number of nitrogens with zero attached hydrogens (tertiary/aromatic N) is 1. The van der Waals surface area contributed by atoms with Crippen molar-refractivity contribution in [3.05, 3.63) is 88.5 Å². The molecule has 0 saturated heterocycles. The summed E-state index contributed by atoms with van der Waals surface area (Å²) in [5.74, 6) is 1.44. The first-order chi connectivity index (χ1) is 16.5. The number of carbonyl (C=O) groups excluding carboxylic acids is 1. The second kappa shape index (κ2) is 10.6. The topological polar surface area (TPSA) is 62.8 Å². The highest BCUT2D eigenvalue weighted by Gasteiger charge is 2.30. The quantitative estimate of drug-likeness (QED) is 0.507. The van der Waals surface area contributed by atoms with Gasteiger partial charge < -0.3 is 20.1 Å². The largest absolute Gasteiger partial charge is 0.493 e. The molecule has 6 heteroatoms. The van der Waals surface area contributed by atoms with Gasteiger partial charge in [0, 0.05) is 25.3 Å². The first kappa shape index (κ1) is 23.6. The van der Waals surface area contributed by atoms with Gasteiger partial charge >= 0.3 is 6.03 Å². The summed E-state index contributed by atoms with van der Waals surface area (Å²) in [5, 5.41) is 6.02. The minimum Gasteiger partial charge on any atom is -0.493 e. The maximum absolute atomic E-state index is 12.7. The van der Waals surface area contributed by atoms with Gasteiger partial charge in [-0.05, 0) is 66.8 Å². The van der Waals surface area contributed by atoms with Gasteiger partial charge in [-0.2, -0.15) is 0 Å². The molecular weight excluding hydrogens is 426 g/mol. The van der Waals surface area contributed by atoms with Gasteiger partial charge in [-0.1, -0.05) is 42.0 Å². The molecule has 0 aromatic heterocycles. The van der Waals surface area contributed by atoms with Crippen LogP contribution < -0.4 is 20.1 Å². The Morgan fingerprint density at radius 1 is 1.00 bits per heavy atom. The zero-order chi connectivity index (χ0) is 24.1. The molecule has 3 aromatic rings. The van der Waals surface area contributed by atoms with Crippen LogP contribution in [0.2, 0.25) is 0 Å². The molecule has 0 aliphatic carbocycles. The molecule has 178 valence electrons. The lowest BCUT2D eigenvalue weighted by molar-refractivity contribution is 0.172. The van der Waals surface area contributed by atoms with Gasteiger partial charge in [-0.15, -0.1) is 0 Å². The molecule has 6 nitrogen and oxygen atoms in total. The molecule has 1 aliphatic rings. The van der Waals surface area contributed by atoms with E-state index in [9.17, 15) is 4.79 Å². The molecule has 0 bridgehead atoms. The average Bonchev–Trinajstić information content (AvgIpc) is 2.85. The van der Waals surface area contributed by atoms with E-state index >= 15 is 0 Å². The van der Waals surface area contributed by atoms with Gasteiger partial charge in [0.05, 0.1) is 20.3 Å². The number of anilines is 1. The van der Waals surface area contributed by atoms with E-state index in [4.69, 9.17) is 9.47 Å². The van der Waals surface area contributed by atoms with Crippen LogP contribution in [0.25, 0.3) is 0 Å². The van der Waals surface area contributed by atoms with Gasteiger partial charge in [0.25, 0.3) is 0 Å². The maximum Gasteiger partial charge on any atom is 0.319 e. The second-order valence-electron chi connectivity index (χ2n) is 8.77. The molecule has 0 fully saturated rings. The highest BCUT2D eigenvalue weighted by molar-refractivity contribution is 5.89. The highest BCUT2D eigenvalue weighted by Crippen LogP contribution is 2.38. The van der Waals surface area contributed by atoms with Crippen molar-refractivity contribution in [3.8, 4) is 11.5 Å². The summed E-state index contributed by atoms with van der Waals surface area (Å²) in [6.07, 6.45) is 0.910. The van der Waals surface area contributed by atoms with Crippen LogP contribution in [0.5, 0.6) is 11.5 Å². The zero-order valence-electron chi connectivity index (χ0n) is 20.4. The van der Waals surface area contributed by atoms with Crippen LogP contribution in [0.4, 0.5) is 10.5 Å². The predicted molar refractivity (Wildman–Crippen MR) is 136 cm³/mol. The lowest BCUT2D eigenvalue weighted by atomic mass is 9.91. The van der Waals surface area contributed by atoms with E-state index in [1.54, 1.807) is 14.2 Å². The molecule has 1 heterocycles. The van der Waals surface area contributed by atoms with Crippen molar-refractivity contribution in [3.63, 3.8) is 0 Å². The molecule has 1 aliphatic heterocycles. The third-order valence-corrected chi connectivity index (χ3v) is 6.51. The summed E-state index contributed by atoms with van der Waals surface area (Å²) in [6, 6.07) is 20.2. The van der Waals surface area contributed by atoms with Crippen molar-refractivity contribution >= 4 is 11.7 Å². The summed E-state index contributed by atoms with van der Waals surface area (Å²) < 4.78 is 11.1.